The average Bonchev–Trinajstić information content (AvgIpc) is 3.01. The number of esters is 1. The van der Waals surface area contributed by atoms with Gasteiger partial charge in [0.25, 0.3) is 0 Å². The number of benzene rings is 1. The Labute approximate surface area is 129 Å². The molecule has 6 heteroatoms. The Morgan fingerprint density at radius 3 is 2.59 bits per heavy atom. The van der Waals surface area contributed by atoms with Crippen molar-refractivity contribution in [3.8, 4) is 0 Å². The molecule has 0 unspecified atom stereocenters. The Hall–Kier alpha value is -2.63. The van der Waals surface area contributed by atoms with Gasteiger partial charge >= 0.3 is 5.97 Å². The van der Waals surface area contributed by atoms with Gasteiger partial charge in [-0.2, -0.15) is 5.10 Å². The average molecular weight is 301 g/mol. The summed E-state index contributed by atoms with van der Waals surface area (Å²) < 4.78 is 6.87. The number of amides is 1. The lowest BCUT2D eigenvalue weighted by molar-refractivity contribution is -0.118. The number of hydrogen-bond donors (Lipinski definition) is 1. The van der Waals surface area contributed by atoms with E-state index in [0.717, 1.165) is 0 Å². The van der Waals surface area contributed by atoms with Crippen LogP contribution in [0.3, 0.4) is 0 Å². The van der Waals surface area contributed by atoms with E-state index in [9.17, 15) is 9.59 Å². The minimum absolute atomic E-state index is 0.0606. The van der Waals surface area contributed by atoms with Crippen LogP contribution in [0.2, 0.25) is 0 Å². The van der Waals surface area contributed by atoms with Crippen LogP contribution >= 0.6 is 0 Å². The second-order valence-corrected chi connectivity index (χ2v) is 5.13. The minimum Gasteiger partial charge on any atom is -0.460 e. The van der Waals surface area contributed by atoms with E-state index in [1.165, 1.54) is 0 Å². The zero-order valence-electron chi connectivity index (χ0n) is 12.7. The van der Waals surface area contributed by atoms with Crippen LogP contribution in [-0.2, 0) is 16.1 Å². The van der Waals surface area contributed by atoms with Crippen molar-refractivity contribution >= 4 is 17.6 Å². The molecule has 1 heterocycles. The molecule has 0 spiro atoms. The maximum absolute atomic E-state index is 11.9. The molecule has 1 amide bonds. The number of nitrogens with zero attached hydrogens (tertiary/aromatic N) is 2. The molecule has 0 aliphatic carbocycles. The summed E-state index contributed by atoms with van der Waals surface area (Å²) in [6.07, 6.45) is 3.48. The Morgan fingerprint density at radius 1 is 1.27 bits per heavy atom. The number of carbonyl (C=O) groups excluding carboxylic acids is 2. The summed E-state index contributed by atoms with van der Waals surface area (Å²) >= 11 is 0. The summed E-state index contributed by atoms with van der Waals surface area (Å²) in [6, 6.07) is 8.44. The van der Waals surface area contributed by atoms with Crippen molar-refractivity contribution in [2.24, 2.45) is 5.92 Å². The van der Waals surface area contributed by atoms with Crippen molar-refractivity contribution in [1.82, 2.24) is 9.78 Å². The molecule has 0 atom stereocenters. The highest BCUT2D eigenvalue weighted by atomic mass is 16.5. The molecule has 22 heavy (non-hydrogen) atoms. The van der Waals surface area contributed by atoms with E-state index >= 15 is 0 Å². The summed E-state index contributed by atoms with van der Waals surface area (Å²) in [5.41, 5.74) is 1.11. The number of nitrogens with one attached hydrogen (secondary N) is 1. The molecule has 0 aliphatic rings. The zero-order chi connectivity index (χ0) is 15.9. The molecule has 0 fully saturated rings. The van der Waals surface area contributed by atoms with Crippen molar-refractivity contribution in [2.45, 2.75) is 20.4 Å². The molecule has 0 bridgehead atoms. The third-order valence-electron chi connectivity index (χ3n) is 3.03. The van der Waals surface area contributed by atoms with Crippen LogP contribution in [0.5, 0.6) is 0 Å². The smallest absolute Gasteiger partial charge is 0.338 e. The van der Waals surface area contributed by atoms with Crippen LogP contribution in [0.4, 0.5) is 5.69 Å². The van der Waals surface area contributed by atoms with Crippen molar-refractivity contribution < 1.29 is 14.3 Å². The van der Waals surface area contributed by atoms with Crippen LogP contribution in [-0.4, -0.2) is 28.3 Å². The van der Waals surface area contributed by atoms with Crippen molar-refractivity contribution in [1.29, 1.82) is 0 Å². The lowest BCUT2D eigenvalue weighted by atomic mass is 10.2. The first-order chi connectivity index (χ1) is 10.6. The maximum atomic E-state index is 11.9. The Kier molecular flexibility index (Phi) is 5.30. The van der Waals surface area contributed by atoms with Crippen molar-refractivity contribution in [2.75, 3.05) is 11.9 Å². The molecular formula is C16H19N3O3. The van der Waals surface area contributed by atoms with Gasteiger partial charge in [0.15, 0.2) is 0 Å². The van der Waals surface area contributed by atoms with Gasteiger partial charge in [0.2, 0.25) is 5.91 Å². The van der Waals surface area contributed by atoms with Gasteiger partial charge < -0.3 is 10.1 Å². The van der Waals surface area contributed by atoms with Gasteiger partial charge in [-0.05, 0) is 30.3 Å². The topological polar surface area (TPSA) is 73.2 Å². The number of anilines is 1. The van der Waals surface area contributed by atoms with Crippen molar-refractivity contribution in [3.63, 3.8) is 0 Å². The minimum atomic E-state index is -0.395. The maximum Gasteiger partial charge on any atom is 0.338 e. The lowest BCUT2D eigenvalue weighted by Gasteiger charge is -2.08. The number of hydrogen-bond acceptors (Lipinski definition) is 4. The van der Waals surface area contributed by atoms with Gasteiger partial charge in [-0.3, -0.25) is 9.48 Å². The monoisotopic (exact) mass is 301 g/mol. The molecule has 0 radical (unpaired) electrons. The summed E-state index contributed by atoms with van der Waals surface area (Å²) in [4.78, 5) is 23.4. The molecule has 116 valence electrons. The second-order valence-electron chi connectivity index (χ2n) is 5.13. The Bertz CT molecular complexity index is 619. The van der Waals surface area contributed by atoms with Gasteiger partial charge in [0.05, 0.1) is 12.1 Å². The standard InChI is InChI=1S/C16H19N3O3/c1-12(2)15(20)18-14-6-4-13(5-7-14)16(21)22-11-10-19-9-3-8-17-19/h3-9,12H,10-11H2,1-2H3,(H,18,20). The molecule has 2 aromatic rings. The molecule has 0 saturated heterocycles. The largest absolute Gasteiger partial charge is 0.460 e. The molecule has 1 N–H and O–H groups in total. The van der Waals surface area contributed by atoms with E-state index in [1.54, 1.807) is 41.3 Å². The van der Waals surface area contributed by atoms with Gasteiger partial charge in [0.1, 0.15) is 6.61 Å². The second kappa shape index (κ2) is 7.40. The van der Waals surface area contributed by atoms with E-state index in [2.05, 4.69) is 10.4 Å². The molecule has 0 aliphatic heterocycles. The van der Waals surface area contributed by atoms with E-state index in [4.69, 9.17) is 4.74 Å². The quantitative estimate of drug-likeness (QED) is 0.831. The highest BCUT2D eigenvalue weighted by molar-refractivity contribution is 5.93. The molecule has 6 nitrogen and oxygen atoms in total. The number of rotatable bonds is 6. The summed E-state index contributed by atoms with van der Waals surface area (Å²) in [5, 5.41) is 6.79. The fourth-order valence-electron chi connectivity index (χ4n) is 1.72. The van der Waals surface area contributed by atoms with Crippen LogP contribution in [0, 0.1) is 5.92 Å². The van der Waals surface area contributed by atoms with E-state index in [0.29, 0.717) is 17.8 Å². The van der Waals surface area contributed by atoms with Gasteiger partial charge in [0, 0.05) is 24.0 Å². The highest BCUT2D eigenvalue weighted by Gasteiger charge is 2.09. The van der Waals surface area contributed by atoms with Crippen molar-refractivity contribution in [3.05, 3.63) is 48.3 Å². The summed E-state index contributed by atoms with van der Waals surface area (Å²) in [7, 11) is 0. The first-order valence-electron chi connectivity index (χ1n) is 7.12. The van der Waals surface area contributed by atoms with Gasteiger partial charge in [-0.1, -0.05) is 13.8 Å². The first-order valence-corrected chi connectivity index (χ1v) is 7.12. The Balaban J connectivity index is 1.84. The van der Waals surface area contributed by atoms with Crippen LogP contribution in [0.1, 0.15) is 24.2 Å². The predicted octanol–water partition coefficient (Wildman–Crippen LogP) is 2.33. The van der Waals surface area contributed by atoms with E-state index in [1.807, 2.05) is 19.9 Å². The number of ether oxygens (including phenoxy) is 1. The third kappa shape index (κ3) is 4.44. The summed E-state index contributed by atoms with van der Waals surface area (Å²) in [5.74, 6) is -0.546. The number of carbonyl (C=O) groups is 2. The zero-order valence-corrected chi connectivity index (χ0v) is 12.7. The number of aromatic nitrogens is 2. The molecular weight excluding hydrogens is 282 g/mol. The predicted molar refractivity (Wildman–Crippen MR) is 82.4 cm³/mol. The molecule has 0 saturated carbocycles. The Morgan fingerprint density at radius 2 is 2.00 bits per heavy atom. The van der Waals surface area contributed by atoms with E-state index < -0.39 is 5.97 Å². The fourth-order valence-corrected chi connectivity index (χ4v) is 1.72. The first kappa shape index (κ1) is 15.8. The van der Waals surface area contributed by atoms with Crippen LogP contribution < -0.4 is 5.32 Å². The normalized spacial score (nSPS) is 10.5. The van der Waals surface area contributed by atoms with E-state index in [-0.39, 0.29) is 18.4 Å². The van der Waals surface area contributed by atoms with Gasteiger partial charge in [-0.25, -0.2) is 4.79 Å². The van der Waals surface area contributed by atoms with Gasteiger partial charge in [-0.15, -0.1) is 0 Å². The van der Waals surface area contributed by atoms with Crippen LogP contribution in [0.15, 0.2) is 42.7 Å². The molecule has 2 rings (SSSR count). The molecule has 1 aromatic heterocycles. The third-order valence-corrected chi connectivity index (χ3v) is 3.03. The van der Waals surface area contributed by atoms with Crippen LogP contribution in [0.25, 0.3) is 0 Å². The highest BCUT2D eigenvalue weighted by Crippen LogP contribution is 2.12. The summed E-state index contributed by atoms with van der Waals surface area (Å²) in [6.45, 7) is 4.41. The fraction of sp³-hybridized carbons (Fsp3) is 0.312. The lowest BCUT2D eigenvalue weighted by Crippen LogP contribution is -2.17. The molecule has 1 aromatic carbocycles. The SMILES string of the molecule is CC(C)C(=O)Nc1ccc(C(=O)OCCn2cccn2)cc1.